The van der Waals surface area contributed by atoms with Gasteiger partial charge in [-0.3, -0.25) is 9.59 Å². The van der Waals surface area contributed by atoms with Gasteiger partial charge in [0.1, 0.15) is 5.00 Å². The molecule has 2 rings (SSSR count). The highest BCUT2D eigenvalue weighted by atomic mass is 32.1. The number of rotatable bonds is 7. The van der Waals surface area contributed by atoms with Crippen molar-refractivity contribution >= 4 is 40.0 Å². The molecule has 0 saturated carbocycles. The first-order chi connectivity index (χ1) is 13.8. The van der Waals surface area contributed by atoms with Crippen molar-refractivity contribution in [2.75, 3.05) is 18.5 Å². The van der Waals surface area contributed by atoms with E-state index < -0.39 is 24.5 Å². The molecule has 8 nitrogen and oxygen atoms in total. The maximum atomic E-state index is 12.2. The average molecular weight is 414 g/mol. The second-order valence-corrected chi connectivity index (χ2v) is 6.87. The van der Waals surface area contributed by atoms with Crippen LogP contribution in [0.25, 0.3) is 0 Å². The lowest BCUT2D eigenvalue weighted by Crippen LogP contribution is -2.21. The first-order valence-electron chi connectivity index (χ1n) is 8.57. The van der Waals surface area contributed by atoms with Gasteiger partial charge in [0.05, 0.1) is 34.2 Å². The number of nitrogens with one attached hydrogen (secondary N) is 1. The van der Waals surface area contributed by atoms with Gasteiger partial charge in [-0.05, 0) is 50.6 Å². The Kier molecular flexibility index (Phi) is 7.22. The van der Waals surface area contributed by atoms with Crippen molar-refractivity contribution in [2.45, 2.75) is 20.8 Å². The zero-order chi connectivity index (χ0) is 21.6. The summed E-state index contributed by atoms with van der Waals surface area (Å²) in [4.78, 5) is 48.5. The van der Waals surface area contributed by atoms with Crippen molar-refractivity contribution in [3.63, 3.8) is 0 Å². The summed E-state index contributed by atoms with van der Waals surface area (Å²) in [6.07, 6.45) is 0. The molecular formula is C20H18N2O6S. The molecule has 2 aromatic rings. The van der Waals surface area contributed by atoms with Gasteiger partial charge in [-0.2, -0.15) is 5.26 Å². The van der Waals surface area contributed by atoms with E-state index in [0.29, 0.717) is 16.0 Å². The summed E-state index contributed by atoms with van der Waals surface area (Å²) in [5.74, 6) is -2.31. The second kappa shape index (κ2) is 9.61. The molecule has 0 aliphatic rings. The first kappa shape index (κ1) is 21.8. The van der Waals surface area contributed by atoms with Crippen LogP contribution >= 0.6 is 11.3 Å². The monoisotopic (exact) mass is 414 g/mol. The van der Waals surface area contributed by atoms with Crippen LogP contribution in [0, 0.1) is 18.3 Å². The number of ketones is 1. The maximum absolute atomic E-state index is 12.2. The SMILES string of the molecule is CCOC(=O)c1c(NC(=O)COC(=O)c2ccc(C#N)cc2)sc(C(C)=O)c1C. The van der Waals surface area contributed by atoms with Crippen LogP contribution in [-0.4, -0.2) is 36.8 Å². The Hall–Kier alpha value is -3.51. The third-order valence-corrected chi connectivity index (χ3v) is 5.09. The third kappa shape index (κ3) is 5.27. The smallest absolute Gasteiger partial charge is 0.341 e. The molecule has 0 atom stereocenters. The highest BCUT2D eigenvalue weighted by molar-refractivity contribution is 7.18. The number of nitrogens with zero attached hydrogens (tertiary/aromatic N) is 1. The first-order valence-corrected chi connectivity index (χ1v) is 9.38. The summed E-state index contributed by atoms with van der Waals surface area (Å²) in [5.41, 5.74) is 1.11. The van der Waals surface area contributed by atoms with Crippen LogP contribution in [0.4, 0.5) is 5.00 Å². The van der Waals surface area contributed by atoms with E-state index in [-0.39, 0.29) is 28.5 Å². The molecule has 1 N–H and O–H groups in total. The van der Waals surface area contributed by atoms with Crippen LogP contribution in [0.5, 0.6) is 0 Å². The van der Waals surface area contributed by atoms with Gasteiger partial charge in [-0.25, -0.2) is 9.59 Å². The van der Waals surface area contributed by atoms with Gasteiger partial charge in [0.2, 0.25) is 0 Å². The lowest BCUT2D eigenvalue weighted by molar-refractivity contribution is -0.119. The molecule has 0 spiro atoms. The van der Waals surface area contributed by atoms with E-state index in [9.17, 15) is 19.2 Å². The molecule has 0 bridgehead atoms. The number of esters is 2. The minimum atomic E-state index is -0.734. The minimum absolute atomic E-state index is 0.105. The Morgan fingerprint density at radius 3 is 2.31 bits per heavy atom. The molecule has 29 heavy (non-hydrogen) atoms. The predicted molar refractivity (Wildman–Crippen MR) is 105 cm³/mol. The second-order valence-electron chi connectivity index (χ2n) is 5.85. The van der Waals surface area contributed by atoms with Crippen molar-refractivity contribution in [1.82, 2.24) is 0 Å². The lowest BCUT2D eigenvalue weighted by Gasteiger charge is -2.08. The van der Waals surface area contributed by atoms with Crippen LogP contribution < -0.4 is 5.32 Å². The Labute approximate surface area is 171 Å². The van der Waals surface area contributed by atoms with Gasteiger partial charge in [-0.15, -0.1) is 11.3 Å². The van der Waals surface area contributed by atoms with Gasteiger partial charge in [-0.1, -0.05) is 0 Å². The fourth-order valence-electron chi connectivity index (χ4n) is 2.44. The van der Waals surface area contributed by atoms with Crippen molar-refractivity contribution in [3.8, 4) is 6.07 Å². The Morgan fingerprint density at radius 2 is 1.76 bits per heavy atom. The zero-order valence-corrected chi connectivity index (χ0v) is 16.8. The maximum Gasteiger partial charge on any atom is 0.341 e. The Balaban J connectivity index is 2.10. The predicted octanol–water partition coefficient (Wildman–Crippen LogP) is 3.10. The molecule has 9 heteroatoms. The van der Waals surface area contributed by atoms with Gasteiger partial charge in [0.15, 0.2) is 12.4 Å². The van der Waals surface area contributed by atoms with Crippen LogP contribution in [0.2, 0.25) is 0 Å². The van der Waals surface area contributed by atoms with E-state index >= 15 is 0 Å². The molecule has 0 fully saturated rings. The van der Waals surface area contributed by atoms with Crippen molar-refractivity contribution in [3.05, 3.63) is 51.4 Å². The van der Waals surface area contributed by atoms with Crippen LogP contribution in [0.15, 0.2) is 24.3 Å². The quantitative estimate of drug-likeness (QED) is 0.545. The minimum Gasteiger partial charge on any atom is -0.462 e. The molecule has 0 aliphatic carbocycles. The van der Waals surface area contributed by atoms with Gasteiger partial charge in [0.25, 0.3) is 5.91 Å². The fourth-order valence-corrected chi connectivity index (χ4v) is 3.55. The normalized spacial score (nSPS) is 10.0. The molecule has 1 aromatic heterocycles. The number of Topliss-reactive ketones (excluding diaryl/α,β-unsaturated/α-hetero) is 1. The number of nitriles is 1. The molecule has 0 aliphatic heterocycles. The van der Waals surface area contributed by atoms with Crippen LogP contribution in [0.3, 0.4) is 0 Å². The number of ether oxygens (including phenoxy) is 2. The summed E-state index contributed by atoms with van der Waals surface area (Å²) in [6, 6.07) is 7.68. The van der Waals surface area contributed by atoms with E-state index in [4.69, 9.17) is 14.7 Å². The highest BCUT2D eigenvalue weighted by Crippen LogP contribution is 2.34. The Morgan fingerprint density at radius 1 is 1.10 bits per heavy atom. The number of anilines is 1. The molecule has 1 heterocycles. The third-order valence-electron chi connectivity index (χ3n) is 3.78. The van der Waals surface area contributed by atoms with Crippen molar-refractivity contribution < 1.29 is 28.7 Å². The van der Waals surface area contributed by atoms with E-state index in [1.54, 1.807) is 13.8 Å². The molecule has 1 aromatic carbocycles. The lowest BCUT2D eigenvalue weighted by atomic mass is 10.1. The van der Waals surface area contributed by atoms with E-state index in [2.05, 4.69) is 5.32 Å². The number of thiophene rings is 1. The summed E-state index contributed by atoms with van der Waals surface area (Å²) < 4.78 is 9.95. The van der Waals surface area contributed by atoms with Gasteiger partial charge < -0.3 is 14.8 Å². The van der Waals surface area contributed by atoms with Gasteiger partial charge >= 0.3 is 11.9 Å². The van der Waals surface area contributed by atoms with E-state index in [1.165, 1.54) is 31.2 Å². The molecule has 0 radical (unpaired) electrons. The number of benzene rings is 1. The van der Waals surface area contributed by atoms with E-state index in [0.717, 1.165) is 11.3 Å². The molecule has 150 valence electrons. The number of hydrogen-bond donors (Lipinski definition) is 1. The summed E-state index contributed by atoms with van der Waals surface area (Å²) in [7, 11) is 0. The fraction of sp³-hybridized carbons (Fsp3) is 0.250. The zero-order valence-electron chi connectivity index (χ0n) is 16.0. The topological polar surface area (TPSA) is 123 Å². The largest absolute Gasteiger partial charge is 0.462 e. The standard InChI is InChI=1S/C20H18N2O6S/c1-4-27-20(26)16-11(2)17(12(3)23)29-18(16)22-15(24)10-28-19(25)14-7-5-13(9-21)6-8-14/h5-8H,4,10H2,1-3H3,(H,22,24). The number of carbonyl (C=O) groups is 4. The molecule has 0 unspecified atom stereocenters. The number of hydrogen-bond acceptors (Lipinski definition) is 8. The van der Waals surface area contributed by atoms with Gasteiger partial charge in [0, 0.05) is 0 Å². The van der Waals surface area contributed by atoms with Crippen molar-refractivity contribution in [1.29, 1.82) is 5.26 Å². The summed E-state index contributed by atoms with van der Waals surface area (Å²) >= 11 is 0.958. The van der Waals surface area contributed by atoms with E-state index in [1.807, 2.05) is 6.07 Å². The van der Waals surface area contributed by atoms with Crippen molar-refractivity contribution in [2.24, 2.45) is 0 Å². The number of carbonyl (C=O) groups excluding carboxylic acids is 4. The van der Waals surface area contributed by atoms with Crippen LogP contribution in [0.1, 0.15) is 55.4 Å². The Bertz CT molecular complexity index is 1000. The molecule has 1 amide bonds. The summed E-state index contributed by atoms with van der Waals surface area (Å²) in [5, 5.41) is 11.4. The highest BCUT2D eigenvalue weighted by Gasteiger charge is 2.25. The van der Waals surface area contributed by atoms with Crippen LogP contribution in [-0.2, 0) is 14.3 Å². The average Bonchev–Trinajstić information content (AvgIpc) is 3.02. The molecular weight excluding hydrogens is 396 g/mol. The number of amides is 1. The summed E-state index contributed by atoms with van der Waals surface area (Å²) in [6.45, 7) is 4.15. The molecule has 0 saturated heterocycles.